The fourth-order valence-electron chi connectivity index (χ4n) is 2.03. The lowest BCUT2D eigenvalue weighted by molar-refractivity contribution is -0.117. The molecule has 0 saturated carbocycles. The molecule has 0 bridgehead atoms. The second kappa shape index (κ2) is 4.45. The second-order valence-electron chi connectivity index (χ2n) is 4.02. The van der Waals surface area contributed by atoms with E-state index in [4.69, 9.17) is 5.73 Å². The van der Waals surface area contributed by atoms with Crippen LogP contribution in [0.3, 0.4) is 0 Å². The van der Waals surface area contributed by atoms with E-state index < -0.39 is 0 Å². The highest BCUT2D eigenvalue weighted by molar-refractivity contribution is 5.73. The topological polar surface area (TPSA) is 55.1 Å². The molecule has 0 radical (unpaired) electrons. The van der Waals surface area contributed by atoms with Gasteiger partial charge in [-0.15, -0.1) is 0 Å². The zero-order chi connectivity index (χ0) is 10.7. The molecule has 1 atom stereocenters. The van der Waals surface area contributed by atoms with E-state index in [1.54, 1.807) is 0 Å². The highest BCUT2D eigenvalue weighted by atomic mass is 16.1. The molecule has 0 aromatic heterocycles. The van der Waals surface area contributed by atoms with Gasteiger partial charge in [0.2, 0.25) is 5.91 Å². The number of nitrogens with two attached hydrogens (primary N) is 1. The molecular formula is C12H16N2O. The highest BCUT2D eigenvalue weighted by Crippen LogP contribution is 2.33. The van der Waals surface area contributed by atoms with Crippen LogP contribution >= 0.6 is 0 Å². The predicted octanol–water partition coefficient (Wildman–Crippen LogP) is 0.791. The number of fused-ring (bicyclic) bond motifs is 1. The summed E-state index contributed by atoms with van der Waals surface area (Å²) in [6.07, 6.45) is 1.58. The van der Waals surface area contributed by atoms with Crippen molar-refractivity contribution < 1.29 is 4.79 Å². The standard InChI is InChI=1S/C12H16N2O/c13-12(15)5-6-14-8-10-7-9-3-1-2-4-11(9)10/h1-4,10,14H,5-8H2,(H2,13,15). The Kier molecular flexibility index (Phi) is 3.02. The SMILES string of the molecule is NC(=O)CCNCC1Cc2ccccc21. The third kappa shape index (κ3) is 2.36. The summed E-state index contributed by atoms with van der Waals surface area (Å²) < 4.78 is 0. The average Bonchev–Trinajstić information content (AvgIpc) is 2.18. The van der Waals surface area contributed by atoms with Gasteiger partial charge in [0.05, 0.1) is 0 Å². The summed E-state index contributed by atoms with van der Waals surface area (Å²) in [5.41, 5.74) is 7.96. The first kappa shape index (κ1) is 10.2. The van der Waals surface area contributed by atoms with Gasteiger partial charge in [0.1, 0.15) is 0 Å². The van der Waals surface area contributed by atoms with Crippen LogP contribution in [0.1, 0.15) is 23.5 Å². The molecule has 3 heteroatoms. The van der Waals surface area contributed by atoms with E-state index >= 15 is 0 Å². The molecule has 15 heavy (non-hydrogen) atoms. The van der Waals surface area contributed by atoms with E-state index in [1.807, 2.05) is 0 Å². The Balaban J connectivity index is 1.73. The number of hydrogen-bond donors (Lipinski definition) is 2. The van der Waals surface area contributed by atoms with Crippen molar-refractivity contribution in [3.8, 4) is 0 Å². The van der Waals surface area contributed by atoms with Gasteiger partial charge in [-0.25, -0.2) is 0 Å². The maximum atomic E-state index is 10.5. The van der Waals surface area contributed by atoms with Gasteiger partial charge < -0.3 is 11.1 Å². The molecule has 0 heterocycles. The maximum absolute atomic E-state index is 10.5. The molecule has 0 saturated heterocycles. The summed E-state index contributed by atoms with van der Waals surface area (Å²) in [4.78, 5) is 10.5. The van der Waals surface area contributed by atoms with Gasteiger partial charge in [-0.05, 0) is 17.5 Å². The number of nitrogens with one attached hydrogen (secondary N) is 1. The van der Waals surface area contributed by atoms with E-state index in [2.05, 4.69) is 29.6 Å². The van der Waals surface area contributed by atoms with Crippen LogP contribution in [0.5, 0.6) is 0 Å². The largest absolute Gasteiger partial charge is 0.370 e. The molecular weight excluding hydrogens is 188 g/mol. The van der Waals surface area contributed by atoms with Crippen LogP contribution in [0.25, 0.3) is 0 Å². The Labute approximate surface area is 89.7 Å². The fourth-order valence-corrected chi connectivity index (χ4v) is 2.03. The minimum Gasteiger partial charge on any atom is -0.370 e. The molecule has 1 aliphatic rings. The molecule has 80 valence electrons. The molecule has 2 rings (SSSR count). The number of amides is 1. The average molecular weight is 204 g/mol. The second-order valence-corrected chi connectivity index (χ2v) is 4.02. The summed E-state index contributed by atoms with van der Waals surface area (Å²) in [5, 5.41) is 3.26. The number of primary amides is 1. The Bertz CT molecular complexity index is 362. The molecule has 3 N–H and O–H groups in total. The van der Waals surface area contributed by atoms with Crippen molar-refractivity contribution in [1.82, 2.24) is 5.32 Å². The fraction of sp³-hybridized carbons (Fsp3) is 0.417. The molecule has 0 spiro atoms. The van der Waals surface area contributed by atoms with Crippen molar-refractivity contribution in [2.45, 2.75) is 18.8 Å². The Morgan fingerprint density at radius 2 is 2.27 bits per heavy atom. The van der Waals surface area contributed by atoms with Gasteiger partial charge in [-0.1, -0.05) is 24.3 Å². The lowest BCUT2D eigenvalue weighted by atomic mass is 9.77. The number of benzene rings is 1. The summed E-state index contributed by atoms with van der Waals surface area (Å²) in [6, 6.07) is 8.51. The van der Waals surface area contributed by atoms with Crippen molar-refractivity contribution in [2.75, 3.05) is 13.1 Å². The molecule has 0 fully saturated rings. The smallest absolute Gasteiger partial charge is 0.218 e. The normalized spacial score (nSPS) is 18.0. The first-order valence-electron chi connectivity index (χ1n) is 5.34. The molecule has 1 aromatic rings. The Morgan fingerprint density at radius 3 is 3.00 bits per heavy atom. The van der Waals surface area contributed by atoms with Crippen LogP contribution in [0, 0.1) is 0 Å². The van der Waals surface area contributed by atoms with E-state index in [1.165, 1.54) is 11.1 Å². The summed E-state index contributed by atoms with van der Waals surface area (Å²) in [5.74, 6) is 0.380. The molecule has 1 unspecified atom stereocenters. The third-order valence-corrected chi connectivity index (χ3v) is 2.90. The zero-order valence-corrected chi connectivity index (χ0v) is 8.70. The number of rotatable bonds is 5. The summed E-state index contributed by atoms with van der Waals surface area (Å²) in [7, 11) is 0. The minimum absolute atomic E-state index is 0.239. The van der Waals surface area contributed by atoms with Crippen LogP contribution in [-0.4, -0.2) is 19.0 Å². The van der Waals surface area contributed by atoms with Crippen molar-refractivity contribution in [3.05, 3.63) is 35.4 Å². The van der Waals surface area contributed by atoms with Crippen LogP contribution in [0.2, 0.25) is 0 Å². The van der Waals surface area contributed by atoms with Gasteiger partial charge in [0.25, 0.3) is 0 Å². The van der Waals surface area contributed by atoms with Crippen molar-refractivity contribution in [2.24, 2.45) is 5.73 Å². The third-order valence-electron chi connectivity index (χ3n) is 2.90. The molecule has 1 aliphatic carbocycles. The van der Waals surface area contributed by atoms with Crippen molar-refractivity contribution >= 4 is 5.91 Å². The van der Waals surface area contributed by atoms with Crippen LogP contribution in [-0.2, 0) is 11.2 Å². The Hall–Kier alpha value is -1.35. The minimum atomic E-state index is -0.239. The van der Waals surface area contributed by atoms with Crippen LogP contribution in [0.4, 0.5) is 0 Å². The quantitative estimate of drug-likeness (QED) is 0.697. The molecule has 1 amide bonds. The van der Waals surface area contributed by atoms with E-state index in [-0.39, 0.29) is 5.91 Å². The lowest BCUT2D eigenvalue weighted by Crippen LogP contribution is -2.31. The van der Waals surface area contributed by atoms with Gasteiger partial charge in [-0.3, -0.25) is 4.79 Å². The number of carbonyl (C=O) groups excluding carboxylic acids is 1. The highest BCUT2D eigenvalue weighted by Gasteiger charge is 2.24. The van der Waals surface area contributed by atoms with Gasteiger partial charge in [0.15, 0.2) is 0 Å². The van der Waals surface area contributed by atoms with Crippen LogP contribution in [0.15, 0.2) is 24.3 Å². The summed E-state index contributed by atoms with van der Waals surface area (Å²) >= 11 is 0. The lowest BCUT2D eigenvalue weighted by Gasteiger charge is -2.30. The van der Waals surface area contributed by atoms with Gasteiger partial charge in [0, 0.05) is 25.4 Å². The monoisotopic (exact) mass is 204 g/mol. The Morgan fingerprint density at radius 1 is 1.47 bits per heavy atom. The first-order valence-corrected chi connectivity index (χ1v) is 5.34. The van der Waals surface area contributed by atoms with E-state index in [0.29, 0.717) is 18.9 Å². The zero-order valence-electron chi connectivity index (χ0n) is 8.70. The number of carbonyl (C=O) groups is 1. The van der Waals surface area contributed by atoms with Crippen molar-refractivity contribution in [3.63, 3.8) is 0 Å². The molecule has 3 nitrogen and oxygen atoms in total. The number of hydrogen-bond acceptors (Lipinski definition) is 2. The van der Waals surface area contributed by atoms with Crippen molar-refractivity contribution in [1.29, 1.82) is 0 Å². The van der Waals surface area contributed by atoms with Crippen LogP contribution < -0.4 is 11.1 Å². The molecule has 1 aromatic carbocycles. The maximum Gasteiger partial charge on any atom is 0.218 e. The van der Waals surface area contributed by atoms with Gasteiger partial charge in [-0.2, -0.15) is 0 Å². The first-order chi connectivity index (χ1) is 7.27. The molecule has 0 aliphatic heterocycles. The van der Waals surface area contributed by atoms with Gasteiger partial charge >= 0.3 is 0 Å². The van der Waals surface area contributed by atoms with E-state index in [9.17, 15) is 4.79 Å². The summed E-state index contributed by atoms with van der Waals surface area (Å²) in [6.45, 7) is 1.64. The predicted molar refractivity (Wildman–Crippen MR) is 59.6 cm³/mol. The van der Waals surface area contributed by atoms with E-state index in [0.717, 1.165) is 13.0 Å².